The fraction of sp³-hybridized carbons (Fsp3) is 0.0952. The van der Waals surface area contributed by atoms with Gasteiger partial charge in [0.2, 0.25) is 10.0 Å². The number of amides is 1. The van der Waals surface area contributed by atoms with Crippen LogP contribution in [-0.4, -0.2) is 32.7 Å². The molecule has 0 aliphatic carbocycles. The van der Waals surface area contributed by atoms with E-state index in [-0.39, 0.29) is 10.8 Å². The van der Waals surface area contributed by atoms with Crippen molar-refractivity contribution in [1.29, 1.82) is 0 Å². The molecule has 0 saturated heterocycles. The molecule has 5 nitrogen and oxygen atoms in total. The molecule has 0 bridgehead atoms. The van der Waals surface area contributed by atoms with E-state index < -0.39 is 10.0 Å². The Labute approximate surface area is 159 Å². The molecule has 0 aliphatic rings. The van der Waals surface area contributed by atoms with Crippen molar-refractivity contribution < 1.29 is 13.2 Å². The quantitative estimate of drug-likeness (QED) is 0.731. The Morgan fingerprint density at radius 1 is 0.778 bits per heavy atom. The van der Waals surface area contributed by atoms with Crippen molar-refractivity contribution in [3.63, 3.8) is 0 Å². The van der Waals surface area contributed by atoms with Crippen molar-refractivity contribution in [2.24, 2.45) is 0 Å². The van der Waals surface area contributed by atoms with Gasteiger partial charge in [-0.2, -0.15) is 0 Å². The van der Waals surface area contributed by atoms with Crippen LogP contribution in [0.1, 0.15) is 10.4 Å². The zero-order valence-electron chi connectivity index (χ0n) is 15.1. The van der Waals surface area contributed by atoms with Crippen LogP contribution in [0.4, 0.5) is 5.69 Å². The molecule has 0 spiro atoms. The SMILES string of the molecule is CN(C)S(=O)(=O)c1ccc(NC(=O)c2ccc(-c3ccccc3)cc2)cc1. The fourth-order valence-electron chi connectivity index (χ4n) is 2.57. The van der Waals surface area contributed by atoms with E-state index in [2.05, 4.69) is 5.32 Å². The number of anilines is 1. The van der Waals surface area contributed by atoms with Gasteiger partial charge in [0.25, 0.3) is 5.91 Å². The highest BCUT2D eigenvalue weighted by Gasteiger charge is 2.16. The predicted molar refractivity (Wildman–Crippen MR) is 107 cm³/mol. The number of rotatable bonds is 5. The number of benzene rings is 3. The van der Waals surface area contributed by atoms with E-state index in [1.807, 2.05) is 42.5 Å². The summed E-state index contributed by atoms with van der Waals surface area (Å²) in [5, 5.41) is 2.78. The Balaban J connectivity index is 1.72. The molecule has 1 N–H and O–H groups in total. The van der Waals surface area contributed by atoms with E-state index in [9.17, 15) is 13.2 Å². The molecule has 0 unspecified atom stereocenters. The normalized spacial score (nSPS) is 11.4. The third-order valence-electron chi connectivity index (χ3n) is 4.14. The van der Waals surface area contributed by atoms with Crippen LogP contribution in [0.2, 0.25) is 0 Å². The molecular formula is C21H20N2O3S. The number of hydrogen-bond donors (Lipinski definition) is 1. The number of sulfonamides is 1. The lowest BCUT2D eigenvalue weighted by Crippen LogP contribution is -2.22. The minimum absolute atomic E-state index is 0.178. The first-order chi connectivity index (χ1) is 12.9. The second-order valence-corrected chi connectivity index (χ2v) is 8.36. The minimum Gasteiger partial charge on any atom is -0.322 e. The van der Waals surface area contributed by atoms with Crippen LogP contribution in [0.3, 0.4) is 0 Å². The third-order valence-corrected chi connectivity index (χ3v) is 5.97. The Hall–Kier alpha value is -2.96. The average Bonchev–Trinajstić information content (AvgIpc) is 2.69. The van der Waals surface area contributed by atoms with Crippen molar-refractivity contribution in [1.82, 2.24) is 4.31 Å². The van der Waals surface area contributed by atoms with Crippen molar-refractivity contribution >= 4 is 21.6 Å². The highest BCUT2D eigenvalue weighted by Crippen LogP contribution is 2.20. The van der Waals surface area contributed by atoms with E-state index in [0.29, 0.717) is 11.3 Å². The van der Waals surface area contributed by atoms with Crippen LogP contribution in [0, 0.1) is 0 Å². The first kappa shape index (κ1) is 18.8. The third kappa shape index (κ3) is 4.24. The summed E-state index contributed by atoms with van der Waals surface area (Å²) in [7, 11) is -0.532. The second kappa shape index (κ2) is 7.73. The zero-order chi connectivity index (χ0) is 19.4. The van der Waals surface area contributed by atoms with E-state index in [1.54, 1.807) is 24.3 Å². The first-order valence-corrected chi connectivity index (χ1v) is 9.81. The molecule has 0 heterocycles. The highest BCUT2D eigenvalue weighted by molar-refractivity contribution is 7.89. The van der Waals surface area contributed by atoms with E-state index >= 15 is 0 Å². The molecule has 0 fully saturated rings. The Morgan fingerprint density at radius 2 is 1.33 bits per heavy atom. The summed E-state index contributed by atoms with van der Waals surface area (Å²) in [6.45, 7) is 0. The number of hydrogen-bond acceptors (Lipinski definition) is 3. The maximum Gasteiger partial charge on any atom is 0.255 e. The van der Waals surface area contributed by atoms with E-state index in [0.717, 1.165) is 15.4 Å². The Kier molecular flexibility index (Phi) is 5.39. The van der Waals surface area contributed by atoms with Gasteiger partial charge in [0.05, 0.1) is 4.90 Å². The van der Waals surface area contributed by atoms with Gasteiger partial charge in [0.1, 0.15) is 0 Å². The topological polar surface area (TPSA) is 66.5 Å². The summed E-state index contributed by atoms with van der Waals surface area (Å²) in [5.41, 5.74) is 3.18. The first-order valence-electron chi connectivity index (χ1n) is 8.37. The molecule has 0 aliphatic heterocycles. The molecule has 3 aromatic rings. The summed E-state index contributed by atoms with van der Waals surface area (Å²) in [4.78, 5) is 12.6. The van der Waals surface area contributed by atoms with Gasteiger partial charge in [-0.05, 0) is 47.5 Å². The molecule has 0 saturated carbocycles. The zero-order valence-corrected chi connectivity index (χ0v) is 15.9. The monoisotopic (exact) mass is 380 g/mol. The number of carbonyl (C=O) groups is 1. The molecule has 0 radical (unpaired) electrons. The van der Waals surface area contributed by atoms with Gasteiger partial charge in [-0.3, -0.25) is 4.79 Å². The molecule has 0 aromatic heterocycles. The number of carbonyl (C=O) groups excluding carboxylic acids is 1. The summed E-state index contributed by atoms with van der Waals surface area (Å²) < 4.78 is 25.3. The summed E-state index contributed by atoms with van der Waals surface area (Å²) in [5.74, 6) is -0.252. The van der Waals surface area contributed by atoms with Crippen LogP contribution in [0.15, 0.2) is 83.8 Å². The van der Waals surface area contributed by atoms with Crippen LogP contribution < -0.4 is 5.32 Å². The molecule has 27 heavy (non-hydrogen) atoms. The lowest BCUT2D eigenvalue weighted by molar-refractivity contribution is 0.102. The van der Waals surface area contributed by atoms with Crippen molar-refractivity contribution in [3.8, 4) is 11.1 Å². The number of nitrogens with zero attached hydrogens (tertiary/aromatic N) is 1. The number of nitrogens with one attached hydrogen (secondary N) is 1. The maximum absolute atomic E-state index is 12.4. The van der Waals surface area contributed by atoms with Gasteiger partial charge in [-0.1, -0.05) is 42.5 Å². The van der Waals surface area contributed by atoms with Gasteiger partial charge in [-0.25, -0.2) is 12.7 Å². The standard InChI is InChI=1S/C21H20N2O3S/c1-23(2)27(25,26)20-14-12-19(13-15-20)22-21(24)18-10-8-17(9-11-18)16-6-4-3-5-7-16/h3-15H,1-2H3,(H,22,24). The highest BCUT2D eigenvalue weighted by atomic mass is 32.2. The van der Waals surface area contributed by atoms with Crippen molar-refractivity contribution in [2.45, 2.75) is 4.90 Å². The molecule has 138 valence electrons. The summed E-state index contributed by atoms with van der Waals surface area (Å²) >= 11 is 0. The molecular weight excluding hydrogens is 360 g/mol. The summed E-state index contributed by atoms with van der Waals surface area (Å²) in [6, 6.07) is 23.4. The Morgan fingerprint density at radius 3 is 1.89 bits per heavy atom. The predicted octanol–water partition coefficient (Wildman–Crippen LogP) is 3.86. The van der Waals surface area contributed by atoms with Crippen LogP contribution in [0.25, 0.3) is 11.1 Å². The minimum atomic E-state index is -3.48. The van der Waals surface area contributed by atoms with Gasteiger partial charge >= 0.3 is 0 Å². The maximum atomic E-state index is 12.4. The van der Waals surface area contributed by atoms with Gasteiger partial charge < -0.3 is 5.32 Å². The average molecular weight is 380 g/mol. The Bertz CT molecular complexity index is 1030. The van der Waals surface area contributed by atoms with Gasteiger partial charge in [0, 0.05) is 25.3 Å². The lowest BCUT2D eigenvalue weighted by atomic mass is 10.0. The van der Waals surface area contributed by atoms with Gasteiger partial charge in [0.15, 0.2) is 0 Å². The van der Waals surface area contributed by atoms with Crippen molar-refractivity contribution in [3.05, 3.63) is 84.4 Å². The van der Waals surface area contributed by atoms with E-state index in [4.69, 9.17) is 0 Å². The molecule has 0 atom stereocenters. The second-order valence-electron chi connectivity index (χ2n) is 6.21. The van der Waals surface area contributed by atoms with Crippen LogP contribution >= 0.6 is 0 Å². The smallest absolute Gasteiger partial charge is 0.255 e. The van der Waals surface area contributed by atoms with Crippen LogP contribution in [-0.2, 0) is 10.0 Å². The molecule has 3 rings (SSSR count). The lowest BCUT2D eigenvalue weighted by Gasteiger charge is -2.12. The summed E-state index contributed by atoms with van der Waals surface area (Å²) in [6.07, 6.45) is 0. The molecule has 6 heteroatoms. The largest absolute Gasteiger partial charge is 0.322 e. The van der Waals surface area contributed by atoms with Crippen LogP contribution in [0.5, 0.6) is 0 Å². The fourth-order valence-corrected chi connectivity index (χ4v) is 3.47. The van der Waals surface area contributed by atoms with Gasteiger partial charge in [-0.15, -0.1) is 0 Å². The molecule has 3 aromatic carbocycles. The van der Waals surface area contributed by atoms with E-state index in [1.165, 1.54) is 26.2 Å². The van der Waals surface area contributed by atoms with Crippen molar-refractivity contribution in [2.75, 3.05) is 19.4 Å². The molecule has 1 amide bonds.